The molecule has 0 heterocycles. The van der Waals surface area contributed by atoms with E-state index in [0.717, 1.165) is 30.9 Å². The average Bonchev–Trinajstić information content (AvgIpc) is 3.21. The van der Waals surface area contributed by atoms with Crippen LogP contribution in [0.15, 0.2) is 29.2 Å². The normalized spacial score (nSPS) is 17.5. The smallest absolute Gasteiger partial charge is 0.382 e. The summed E-state index contributed by atoms with van der Waals surface area (Å²) in [5, 5.41) is 3.24. The molecule has 2 rings (SSSR count). The maximum absolute atomic E-state index is 12.4. The van der Waals surface area contributed by atoms with Crippen molar-refractivity contribution in [3.05, 3.63) is 24.3 Å². The Morgan fingerprint density at radius 3 is 2.24 bits per heavy atom. The van der Waals surface area contributed by atoms with Crippen LogP contribution in [0.3, 0.4) is 0 Å². The van der Waals surface area contributed by atoms with Gasteiger partial charge < -0.3 is 5.32 Å². The lowest BCUT2D eigenvalue weighted by Crippen LogP contribution is -2.23. The minimum absolute atomic E-state index is 0.266. The van der Waals surface area contributed by atoms with E-state index in [9.17, 15) is 21.6 Å². The Bertz CT molecular complexity index is 577. The van der Waals surface area contributed by atoms with Crippen LogP contribution in [-0.4, -0.2) is 20.0 Å². The molecule has 7 heteroatoms. The van der Waals surface area contributed by atoms with Crippen molar-refractivity contribution in [1.29, 1.82) is 0 Å². The highest BCUT2D eigenvalue weighted by atomic mass is 32.2. The summed E-state index contributed by atoms with van der Waals surface area (Å²) in [5.74, 6) is 0.743. The van der Waals surface area contributed by atoms with Gasteiger partial charge >= 0.3 is 5.51 Å². The summed E-state index contributed by atoms with van der Waals surface area (Å²) in [4.78, 5) is -0.726. The number of hydrogen-bond donors (Lipinski definition) is 1. The Hall–Kier alpha value is -1.24. The van der Waals surface area contributed by atoms with E-state index < -0.39 is 20.2 Å². The largest absolute Gasteiger partial charge is 0.501 e. The molecule has 21 heavy (non-hydrogen) atoms. The average molecular weight is 321 g/mol. The van der Waals surface area contributed by atoms with Gasteiger partial charge in [-0.1, -0.05) is 19.8 Å². The van der Waals surface area contributed by atoms with Gasteiger partial charge in [0.25, 0.3) is 9.84 Å². The second kappa shape index (κ2) is 5.87. The third-order valence-electron chi connectivity index (χ3n) is 3.65. The Labute approximate surface area is 122 Å². The molecular formula is C14H18F3NO2S. The van der Waals surface area contributed by atoms with Crippen molar-refractivity contribution in [2.24, 2.45) is 5.92 Å². The number of nitrogens with one attached hydrogen (secondary N) is 1. The molecule has 1 atom stereocenters. The number of rotatable bonds is 6. The van der Waals surface area contributed by atoms with E-state index in [-0.39, 0.29) is 6.04 Å². The molecule has 1 fully saturated rings. The van der Waals surface area contributed by atoms with Gasteiger partial charge in [-0.2, -0.15) is 13.2 Å². The molecular weight excluding hydrogens is 303 g/mol. The van der Waals surface area contributed by atoms with Gasteiger partial charge in [0.2, 0.25) is 0 Å². The molecule has 118 valence electrons. The first-order chi connectivity index (χ1) is 9.74. The number of anilines is 1. The van der Waals surface area contributed by atoms with Gasteiger partial charge in [0, 0.05) is 11.7 Å². The predicted octanol–water partition coefficient (Wildman–Crippen LogP) is 3.97. The summed E-state index contributed by atoms with van der Waals surface area (Å²) in [7, 11) is -5.26. The fourth-order valence-corrected chi connectivity index (χ4v) is 2.94. The van der Waals surface area contributed by atoms with E-state index in [1.807, 2.05) is 6.92 Å². The highest BCUT2D eigenvalue weighted by Crippen LogP contribution is 2.35. The van der Waals surface area contributed by atoms with Gasteiger partial charge in [-0.3, -0.25) is 0 Å². The molecule has 0 saturated heterocycles. The van der Waals surface area contributed by atoms with E-state index in [4.69, 9.17) is 0 Å². The summed E-state index contributed by atoms with van der Waals surface area (Å²) in [6, 6.07) is 5.02. The molecule has 0 aliphatic heterocycles. The maximum atomic E-state index is 12.4. The second-order valence-electron chi connectivity index (χ2n) is 5.40. The van der Waals surface area contributed by atoms with Crippen molar-refractivity contribution >= 4 is 15.5 Å². The standard InChI is InChI=1S/C14H18F3NO2S/c1-2-11(9-10-3-4-10)18-12-5-7-13(8-6-12)21(19,20)14(15,16)17/h5-8,10-11,18H,2-4,9H2,1H3. The van der Waals surface area contributed by atoms with E-state index >= 15 is 0 Å². The van der Waals surface area contributed by atoms with Crippen molar-refractivity contribution in [2.75, 3.05) is 5.32 Å². The molecule has 1 N–H and O–H groups in total. The molecule has 1 aromatic rings. The molecule has 3 nitrogen and oxygen atoms in total. The van der Waals surface area contributed by atoms with Gasteiger partial charge in [-0.15, -0.1) is 0 Å². The molecule has 0 spiro atoms. The number of benzene rings is 1. The molecule has 1 aliphatic carbocycles. The van der Waals surface area contributed by atoms with Crippen LogP contribution in [0.25, 0.3) is 0 Å². The van der Waals surface area contributed by atoms with Crippen LogP contribution in [0.2, 0.25) is 0 Å². The lowest BCUT2D eigenvalue weighted by Gasteiger charge is -2.18. The predicted molar refractivity (Wildman–Crippen MR) is 74.7 cm³/mol. The molecule has 0 bridgehead atoms. The Morgan fingerprint density at radius 2 is 1.81 bits per heavy atom. The van der Waals surface area contributed by atoms with E-state index in [2.05, 4.69) is 5.32 Å². The van der Waals surface area contributed by atoms with Crippen LogP contribution in [0, 0.1) is 5.92 Å². The molecule has 0 amide bonds. The van der Waals surface area contributed by atoms with E-state index in [0.29, 0.717) is 5.69 Å². The Kier molecular flexibility index (Phi) is 4.51. The Morgan fingerprint density at radius 1 is 1.24 bits per heavy atom. The zero-order valence-electron chi connectivity index (χ0n) is 11.7. The van der Waals surface area contributed by atoms with Crippen LogP contribution in [0.1, 0.15) is 32.6 Å². The first-order valence-corrected chi connectivity index (χ1v) is 8.40. The minimum Gasteiger partial charge on any atom is -0.382 e. The number of alkyl halides is 3. The van der Waals surface area contributed by atoms with Gasteiger partial charge in [0.1, 0.15) is 0 Å². The zero-order valence-corrected chi connectivity index (χ0v) is 12.5. The summed E-state index contributed by atoms with van der Waals surface area (Å²) in [6.07, 6.45) is 4.43. The van der Waals surface area contributed by atoms with Crippen molar-refractivity contribution in [1.82, 2.24) is 0 Å². The van der Waals surface area contributed by atoms with Gasteiger partial charge in [0.05, 0.1) is 4.90 Å². The topological polar surface area (TPSA) is 46.2 Å². The van der Waals surface area contributed by atoms with Gasteiger partial charge in [0.15, 0.2) is 0 Å². The second-order valence-corrected chi connectivity index (χ2v) is 7.34. The highest BCUT2D eigenvalue weighted by Gasteiger charge is 2.46. The molecule has 0 aromatic heterocycles. The molecule has 0 radical (unpaired) electrons. The van der Waals surface area contributed by atoms with E-state index in [1.54, 1.807) is 0 Å². The Balaban J connectivity index is 2.08. The maximum Gasteiger partial charge on any atom is 0.501 e. The van der Waals surface area contributed by atoms with Crippen molar-refractivity contribution in [3.8, 4) is 0 Å². The summed E-state index contributed by atoms with van der Waals surface area (Å²) < 4.78 is 59.8. The number of hydrogen-bond acceptors (Lipinski definition) is 3. The molecule has 1 aliphatic rings. The fourth-order valence-electron chi connectivity index (χ4n) is 2.18. The summed E-state index contributed by atoms with van der Waals surface area (Å²) in [5.41, 5.74) is -4.62. The van der Waals surface area contributed by atoms with Gasteiger partial charge in [-0.05, 0) is 43.0 Å². The fraction of sp³-hybridized carbons (Fsp3) is 0.571. The molecule has 1 saturated carbocycles. The van der Waals surface area contributed by atoms with Crippen molar-refractivity contribution in [2.45, 2.75) is 49.1 Å². The third-order valence-corrected chi connectivity index (χ3v) is 5.15. The first-order valence-electron chi connectivity index (χ1n) is 6.92. The lowest BCUT2D eigenvalue weighted by atomic mass is 10.1. The van der Waals surface area contributed by atoms with Crippen LogP contribution < -0.4 is 5.32 Å². The zero-order chi connectivity index (χ0) is 15.7. The van der Waals surface area contributed by atoms with Crippen LogP contribution in [-0.2, 0) is 9.84 Å². The number of halogens is 3. The third kappa shape index (κ3) is 3.90. The van der Waals surface area contributed by atoms with Crippen molar-refractivity contribution < 1.29 is 21.6 Å². The van der Waals surface area contributed by atoms with Crippen LogP contribution >= 0.6 is 0 Å². The van der Waals surface area contributed by atoms with Gasteiger partial charge in [-0.25, -0.2) is 8.42 Å². The summed E-state index contributed by atoms with van der Waals surface area (Å²) in [6.45, 7) is 2.04. The van der Waals surface area contributed by atoms with Crippen LogP contribution in [0.5, 0.6) is 0 Å². The number of sulfone groups is 1. The van der Waals surface area contributed by atoms with E-state index in [1.165, 1.54) is 25.0 Å². The molecule has 1 unspecified atom stereocenters. The quantitative estimate of drug-likeness (QED) is 0.862. The highest BCUT2D eigenvalue weighted by molar-refractivity contribution is 7.92. The first kappa shape index (κ1) is 16.1. The van der Waals surface area contributed by atoms with Crippen LogP contribution in [0.4, 0.5) is 18.9 Å². The SMILES string of the molecule is CCC(CC1CC1)Nc1ccc(S(=O)(=O)C(F)(F)F)cc1. The summed E-state index contributed by atoms with van der Waals surface area (Å²) >= 11 is 0. The monoisotopic (exact) mass is 321 g/mol. The van der Waals surface area contributed by atoms with Crippen molar-refractivity contribution in [3.63, 3.8) is 0 Å². The lowest BCUT2D eigenvalue weighted by molar-refractivity contribution is -0.0436. The minimum atomic E-state index is -5.26. The molecule has 1 aromatic carbocycles.